The average Bonchev–Trinajstić information content (AvgIpc) is 3.00. The minimum absolute atomic E-state index is 0.170. The van der Waals surface area contributed by atoms with Gasteiger partial charge in [0.05, 0.1) is 29.1 Å². The first-order valence-electron chi connectivity index (χ1n) is 6.58. The standard InChI is InChI=1S/C15H16N4S/c1-2-12(15-17-7-8-20-15)19-14-10-5-3-4-6-13(10)18-9-11(14)16/h3-9,12H,2,16H2,1H3,(H,18,19). The zero-order valence-electron chi connectivity index (χ0n) is 11.2. The lowest BCUT2D eigenvalue weighted by molar-refractivity contribution is 0.743. The number of rotatable bonds is 4. The molecule has 20 heavy (non-hydrogen) atoms. The van der Waals surface area contributed by atoms with E-state index in [-0.39, 0.29) is 6.04 Å². The highest BCUT2D eigenvalue weighted by Gasteiger charge is 2.15. The number of para-hydroxylation sites is 1. The molecule has 5 heteroatoms. The van der Waals surface area contributed by atoms with Crippen LogP contribution in [0.3, 0.4) is 0 Å². The number of hydrogen-bond acceptors (Lipinski definition) is 5. The first-order valence-corrected chi connectivity index (χ1v) is 7.46. The van der Waals surface area contributed by atoms with Gasteiger partial charge in [-0.25, -0.2) is 4.98 Å². The lowest BCUT2D eigenvalue weighted by Crippen LogP contribution is -2.11. The van der Waals surface area contributed by atoms with E-state index in [9.17, 15) is 0 Å². The Morgan fingerprint density at radius 3 is 2.90 bits per heavy atom. The SMILES string of the molecule is CCC(Nc1c(N)cnc2ccccc12)c1nccs1. The fourth-order valence-electron chi connectivity index (χ4n) is 2.24. The summed E-state index contributed by atoms with van der Waals surface area (Å²) in [6.45, 7) is 2.14. The summed E-state index contributed by atoms with van der Waals surface area (Å²) >= 11 is 1.66. The van der Waals surface area contributed by atoms with Gasteiger partial charge in [-0.05, 0) is 12.5 Å². The van der Waals surface area contributed by atoms with E-state index in [2.05, 4.69) is 22.2 Å². The molecule has 0 aliphatic rings. The Bertz CT molecular complexity index is 709. The molecule has 0 saturated carbocycles. The first kappa shape index (κ1) is 12.9. The molecule has 0 spiro atoms. The number of pyridine rings is 1. The number of nitrogens with one attached hydrogen (secondary N) is 1. The molecule has 0 amide bonds. The van der Waals surface area contributed by atoms with E-state index in [0.29, 0.717) is 5.69 Å². The molecule has 0 fully saturated rings. The van der Waals surface area contributed by atoms with Crippen LogP contribution in [0.2, 0.25) is 0 Å². The van der Waals surface area contributed by atoms with Gasteiger partial charge in [0.15, 0.2) is 0 Å². The van der Waals surface area contributed by atoms with Crippen molar-refractivity contribution < 1.29 is 0 Å². The van der Waals surface area contributed by atoms with E-state index >= 15 is 0 Å². The van der Waals surface area contributed by atoms with Gasteiger partial charge in [-0.2, -0.15) is 0 Å². The van der Waals surface area contributed by atoms with Gasteiger partial charge in [-0.15, -0.1) is 11.3 Å². The molecule has 1 aromatic carbocycles. The Balaban J connectivity index is 2.03. The summed E-state index contributed by atoms with van der Waals surface area (Å²) in [5.74, 6) is 0. The first-order chi connectivity index (χ1) is 9.79. The third-order valence-corrected chi connectivity index (χ3v) is 4.17. The number of nitrogen functional groups attached to an aromatic ring is 1. The number of nitrogens with two attached hydrogens (primary N) is 1. The van der Waals surface area contributed by atoms with Gasteiger partial charge >= 0.3 is 0 Å². The molecular formula is C15H16N4S. The van der Waals surface area contributed by atoms with Gasteiger partial charge in [-0.1, -0.05) is 25.1 Å². The largest absolute Gasteiger partial charge is 0.396 e. The van der Waals surface area contributed by atoms with E-state index in [1.165, 1.54) is 0 Å². The third-order valence-electron chi connectivity index (χ3n) is 3.28. The fourth-order valence-corrected chi connectivity index (χ4v) is 3.01. The maximum absolute atomic E-state index is 6.10. The highest BCUT2D eigenvalue weighted by atomic mass is 32.1. The second-order valence-electron chi connectivity index (χ2n) is 4.58. The zero-order valence-corrected chi connectivity index (χ0v) is 12.0. The lowest BCUT2D eigenvalue weighted by atomic mass is 10.1. The summed E-state index contributed by atoms with van der Waals surface area (Å²) < 4.78 is 0. The van der Waals surface area contributed by atoms with Gasteiger partial charge < -0.3 is 11.1 Å². The van der Waals surface area contributed by atoms with Gasteiger partial charge in [0.25, 0.3) is 0 Å². The Morgan fingerprint density at radius 2 is 2.15 bits per heavy atom. The smallest absolute Gasteiger partial charge is 0.115 e. The van der Waals surface area contributed by atoms with Crippen LogP contribution in [-0.2, 0) is 0 Å². The van der Waals surface area contributed by atoms with Crippen molar-refractivity contribution >= 4 is 33.6 Å². The quantitative estimate of drug-likeness (QED) is 0.764. The number of anilines is 2. The topological polar surface area (TPSA) is 63.8 Å². The van der Waals surface area contributed by atoms with Crippen LogP contribution in [-0.4, -0.2) is 9.97 Å². The molecule has 0 bridgehead atoms. The van der Waals surface area contributed by atoms with Gasteiger partial charge in [0.2, 0.25) is 0 Å². The van der Waals surface area contributed by atoms with Crippen LogP contribution in [0.4, 0.5) is 11.4 Å². The van der Waals surface area contributed by atoms with Crippen LogP contribution in [0, 0.1) is 0 Å². The molecule has 0 saturated heterocycles. The highest BCUT2D eigenvalue weighted by Crippen LogP contribution is 2.32. The minimum Gasteiger partial charge on any atom is -0.396 e. The molecule has 3 rings (SSSR count). The molecule has 2 aromatic heterocycles. The van der Waals surface area contributed by atoms with Crippen molar-refractivity contribution in [2.75, 3.05) is 11.1 Å². The Kier molecular flexibility index (Phi) is 3.52. The molecule has 3 aromatic rings. The molecular weight excluding hydrogens is 268 g/mol. The van der Waals surface area contributed by atoms with E-state index in [1.54, 1.807) is 17.5 Å². The number of aromatic nitrogens is 2. The highest BCUT2D eigenvalue weighted by molar-refractivity contribution is 7.09. The Labute approximate surface area is 121 Å². The maximum atomic E-state index is 6.10. The molecule has 3 N–H and O–H groups in total. The van der Waals surface area contributed by atoms with E-state index in [0.717, 1.165) is 28.0 Å². The number of hydrogen-bond donors (Lipinski definition) is 2. The Morgan fingerprint density at radius 1 is 1.30 bits per heavy atom. The maximum Gasteiger partial charge on any atom is 0.115 e. The van der Waals surface area contributed by atoms with Crippen LogP contribution in [0.15, 0.2) is 42.0 Å². The number of benzene rings is 1. The van der Waals surface area contributed by atoms with Crippen molar-refractivity contribution in [1.82, 2.24) is 9.97 Å². The molecule has 1 atom stereocenters. The number of nitrogens with zero attached hydrogens (tertiary/aromatic N) is 2. The average molecular weight is 284 g/mol. The fraction of sp³-hybridized carbons (Fsp3) is 0.200. The number of fused-ring (bicyclic) bond motifs is 1. The zero-order chi connectivity index (χ0) is 13.9. The molecule has 0 aliphatic heterocycles. The van der Waals surface area contributed by atoms with Crippen molar-refractivity contribution in [3.63, 3.8) is 0 Å². The lowest BCUT2D eigenvalue weighted by Gasteiger charge is -2.18. The molecule has 1 unspecified atom stereocenters. The molecule has 0 radical (unpaired) electrons. The van der Waals surface area contributed by atoms with Crippen LogP contribution < -0.4 is 11.1 Å². The second kappa shape index (κ2) is 5.46. The summed E-state index contributed by atoms with van der Waals surface area (Å²) in [5, 5.41) is 7.64. The van der Waals surface area contributed by atoms with E-state index < -0.39 is 0 Å². The van der Waals surface area contributed by atoms with Crippen molar-refractivity contribution in [2.24, 2.45) is 0 Å². The molecule has 2 heterocycles. The predicted octanol–water partition coefficient (Wildman–Crippen LogP) is 3.84. The second-order valence-corrected chi connectivity index (χ2v) is 5.51. The third kappa shape index (κ3) is 2.32. The monoisotopic (exact) mass is 284 g/mol. The van der Waals surface area contributed by atoms with Crippen LogP contribution in [0.5, 0.6) is 0 Å². The van der Waals surface area contributed by atoms with Crippen LogP contribution in [0.1, 0.15) is 24.4 Å². The van der Waals surface area contributed by atoms with E-state index in [4.69, 9.17) is 5.73 Å². The number of thiazole rings is 1. The van der Waals surface area contributed by atoms with E-state index in [1.807, 2.05) is 35.8 Å². The molecule has 0 aliphatic carbocycles. The summed E-state index contributed by atoms with van der Waals surface area (Å²) in [4.78, 5) is 8.75. The van der Waals surface area contributed by atoms with Gasteiger partial charge in [0.1, 0.15) is 5.01 Å². The predicted molar refractivity (Wildman–Crippen MR) is 84.9 cm³/mol. The summed E-state index contributed by atoms with van der Waals surface area (Å²) in [7, 11) is 0. The Hall–Kier alpha value is -2.14. The minimum atomic E-state index is 0.170. The van der Waals surface area contributed by atoms with Crippen molar-refractivity contribution in [3.8, 4) is 0 Å². The van der Waals surface area contributed by atoms with Crippen molar-refractivity contribution in [2.45, 2.75) is 19.4 Å². The molecule has 4 nitrogen and oxygen atoms in total. The summed E-state index contributed by atoms with van der Waals surface area (Å²) in [6, 6.07) is 8.18. The normalized spacial score (nSPS) is 12.4. The van der Waals surface area contributed by atoms with Crippen LogP contribution in [0.25, 0.3) is 10.9 Å². The summed E-state index contributed by atoms with van der Waals surface area (Å²) in [6.07, 6.45) is 4.49. The van der Waals surface area contributed by atoms with Crippen LogP contribution >= 0.6 is 11.3 Å². The van der Waals surface area contributed by atoms with Gasteiger partial charge in [0, 0.05) is 17.0 Å². The van der Waals surface area contributed by atoms with Crippen molar-refractivity contribution in [1.29, 1.82) is 0 Å². The van der Waals surface area contributed by atoms with Crippen molar-refractivity contribution in [3.05, 3.63) is 47.0 Å². The summed E-state index contributed by atoms with van der Waals surface area (Å²) in [5.41, 5.74) is 8.65. The molecule has 102 valence electrons. The van der Waals surface area contributed by atoms with Gasteiger partial charge in [-0.3, -0.25) is 4.98 Å².